The molecule has 118 valence electrons. The molecule has 0 radical (unpaired) electrons. The van der Waals surface area contributed by atoms with Crippen LogP contribution in [0.5, 0.6) is 0 Å². The molecule has 0 saturated heterocycles. The molecule has 4 rings (SSSR count). The number of aliphatic hydroxyl groups is 1. The molecule has 2 aromatic rings. The van der Waals surface area contributed by atoms with Gasteiger partial charge in [-0.25, -0.2) is 9.37 Å². The molecular weight excluding hydrogens is 323 g/mol. The molecule has 2 N–H and O–H groups in total. The van der Waals surface area contributed by atoms with E-state index in [2.05, 4.69) is 4.98 Å². The lowest BCUT2D eigenvalue weighted by atomic mass is 10.0. The molecule has 1 atom stereocenters. The minimum Gasteiger partial charge on any atom is -0.581 e. The van der Waals surface area contributed by atoms with Gasteiger partial charge in [-0.2, -0.15) is 10.3 Å². The molecule has 2 aliphatic heterocycles. The zero-order valence-electron chi connectivity index (χ0n) is 11.8. The summed E-state index contributed by atoms with van der Waals surface area (Å²) in [6.07, 6.45) is 2.40. The second kappa shape index (κ2) is 5.09. The van der Waals surface area contributed by atoms with Gasteiger partial charge in [0.15, 0.2) is 5.82 Å². The van der Waals surface area contributed by atoms with Gasteiger partial charge >= 0.3 is 0 Å². The maximum absolute atomic E-state index is 14.2. The fourth-order valence-corrected chi connectivity index (χ4v) is 3.10. The number of anilines is 2. The Hall–Kier alpha value is -2.35. The fraction of sp³-hybridized carbons (Fsp3) is 0.133. The van der Waals surface area contributed by atoms with Crippen molar-refractivity contribution in [2.45, 2.75) is 12.8 Å². The molecule has 0 fully saturated rings. The number of allylic oxidation sites excluding steroid dienone is 1. The summed E-state index contributed by atoms with van der Waals surface area (Å²) in [5, 5.41) is 25.3. The maximum atomic E-state index is 14.2. The Balaban J connectivity index is 1.83. The average Bonchev–Trinajstić information content (AvgIpc) is 2.80. The van der Waals surface area contributed by atoms with E-state index in [0.717, 1.165) is 10.6 Å². The summed E-state index contributed by atoms with van der Waals surface area (Å²) in [5.74, 6) is -0.690. The van der Waals surface area contributed by atoms with Gasteiger partial charge in [0.25, 0.3) is 5.88 Å². The van der Waals surface area contributed by atoms with E-state index >= 15 is 0 Å². The van der Waals surface area contributed by atoms with Crippen LogP contribution < -0.4 is 15.3 Å². The van der Waals surface area contributed by atoms with Gasteiger partial charge in [0, 0.05) is 6.42 Å². The minimum absolute atomic E-state index is 0.201. The van der Waals surface area contributed by atoms with Crippen molar-refractivity contribution in [3.05, 3.63) is 69.8 Å². The molecule has 1 unspecified atom stereocenters. The van der Waals surface area contributed by atoms with Gasteiger partial charge in [0.2, 0.25) is 0 Å². The van der Waals surface area contributed by atoms with Gasteiger partial charge < -0.3 is 10.3 Å². The van der Waals surface area contributed by atoms with E-state index in [1.54, 1.807) is 18.2 Å². The summed E-state index contributed by atoms with van der Waals surface area (Å²) < 4.78 is 14.2. The Morgan fingerprint density at radius 2 is 2.04 bits per heavy atom. The number of para-hydroxylation sites is 1. The van der Waals surface area contributed by atoms with Crippen LogP contribution in [0.1, 0.15) is 12.0 Å². The molecule has 0 spiro atoms. The van der Waals surface area contributed by atoms with Crippen LogP contribution in [-0.4, -0.2) is 10.1 Å². The molecule has 23 heavy (non-hydrogen) atoms. The van der Waals surface area contributed by atoms with Crippen LogP contribution in [0, 0.1) is 11.0 Å². The number of halogens is 2. The van der Waals surface area contributed by atoms with E-state index < -0.39 is 11.1 Å². The van der Waals surface area contributed by atoms with Crippen molar-refractivity contribution in [3.63, 3.8) is 0 Å². The molecule has 6 nitrogen and oxygen atoms in total. The average molecular weight is 335 g/mol. The van der Waals surface area contributed by atoms with E-state index in [4.69, 9.17) is 11.6 Å². The second-order valence-corrected chi connectivity index (χ2v) is 5.70. The lowest BCUT2D eigenvalue weighted by Gasteiger charge is -2.36. The zero-order chi connectivity index (χ0) is 16.1. The van der Waals surface area contributed by atoms with Gasteiger partial charge in [0.05, 0.1) is 6.20 Å². The summed E-state index contributed by atoms with van der Waals surface area (Å²) in [7, 11) is 0. The predicted octanol–water partition coefficient (Wildman–Crippen LogP) is 2.09. The van der Waals surface area contributed by atoms with Crippen LogP contribution in [-0.2, 0) is 6.42 Å². The topological polar surface area (TPSA) is 67.1 Å². The number of hydrogen-bond acceptors (Lipinski definition) is 5. The van der Waals surface area contributed by atoms with Crippen LogP contribution in [0.3, 0.4) is 0 Å². The largest absolute Gasteiger partial charge is 0.581 e. The lowest BCUT2D eigenvalue weighted by Crippen LogP contribution is -3.19. The first kappa shape index (κ1) is 14.3. The molecule has 0 bridgehead atoms. The molecule has 1 aromatic carbocycles. The molecule has 0 aliphatic carbocycles. The normalized spacial score (nSPS) is 19.9. The highest BCUT2D eigenvalue weighted by molar-refractivity contribution is 6.29. The van der Waals surface area contributed by atoms with Crippen molar-refractivity contribution >= 4 is 23.0 Å². The van der Waals surface area contributed by atoms with Gasteiger partial charge in [-0.15, -0.1) is 5.01 Å². The number of quaternary nitrogens is 1. The fourth-order valence-electron chi connectivity index (χ4n) is 2.99. The standard InChI is InChI=1S/C15H12ClFN4O2/c16-13-7-5-10(8-18-13)19-15(22)12-6-4-9-2-1-3-11(17)14(9)20(12)21(19)23/h1-3,5,7-8,21-22H,4,6H2. The molecule has 0 saturated carbocycles. The third-order valence-electron chi connectivity index (χ3n) is 4.02. The Kier molecular flexibility index (Phi) is 3.15. The minimum atomic E-state index is -0.535. The number of hydrogen-bond donors (Lipinski definition) is 2. The van der Waals surface area contributed by atoms with Gasteiger partial charge in [-0.1, -0.05) is 23.7 Å². The number of aryl methyl sites for hydroxylation is 1. The highest BCUT2D eigenvalue weighted by Gasteiger charge is 2.43. The molecule has 2 aliphatic rings. The Bertz CT molecular complexity index is 812. The number of rotatable bonds is 1. The monoisotopic (exact) mass is 334 g/mol. The summed E-state index contributed by atoms with van der Waals surface area (Å²) in [6, 6.07) is 7.80. The van der Waals surface area contributed by atoms with E-state index in [-0.39, 0.29) is 16.7 Å². The second-order valence-electron chi connectivity index (χ2n) is 5.31. The quantitative estimate of drug-likeness (QED) is 0.617. The Morgan fingerprint density at radius 1 is 1.22 bits per heavy atom. The van der Waals surface area contributed by atoms with Gasteiger partial charge in [-0.3, -0.25) is 0 Å². The highest BCUT2D eigenvalue weighted by atomic mass is 35.5. The van der Waals surface area contributed by atoms with Crippen molar-refractivity contribution in [2.24, 2.45) is 0 Å². The van der Waals surface area contributed by atoms with Gasteiger partial charge in [0.1, 0.15) is 22.2 Å². The third-order valence-corrected chi connectivity index (χ3v) is 4.24. The van der Waals surface area contributed by atoms with Crippen molar-refractivity contribution < 1.29 is 14.8 Å². The lowest BCUT2D eigenvalue weighted by molar-refractivity contribution is -0.854. The Labute approximate surface area is 136 Å². The van der Waals surface area contributed by atoms with Crippen molar-refractivity contribution in [2.75, 3.05) is 10.0 Å². The van der Waals surface area contributed by atoms with Crippen LogP contribution in [0.15, 0.2) is 48.1 Å². The van der Waals surface area contributed by atoms with Crippen LogP contribution >= 0.6 is 11.6 Å². The van der Waals surface area contributed by atoms with Crippen LogP contribution in [0.2, 0.25) is 5.15 Å². The summed E-state index contributed by atoms with van der Waals surface area (Å²) in [5.41, 5.74) is 1.71. The van der Waals surface area contributed by atoms with Crippen LogP contribution in [0.25, 0.3) is 0 Å². The molecule has 3 heterocycles. The highest BCUT2D eigenvalue weighted by Crippen LogP contribution is 2.36. The number of aliphatic hydroxyl groups excluding tert-OH is 1. The summed E-state index contributed by atoms with van der Waals surface area (Å²) >= 11 is 5.75. The number of aromatic nitrogens is 1. The number of fused-ring (bicyclic) bond motifs is 3. The maximum Gasteiger partial charge on any atom is 0.267 e. The predicted molar refractivity (Wildman–Crippen MR) is 82.9 cm³/mol. The Morgan fingerprint density at radius 3 is 2.78 bits per heavy atom. The molecule has 0 amide bonds. The van der Waals surface area contributed by atoms with E-state index in [1.165, 1.54) is 23.3 Å². The molecule has 1 aromatic heterocycles. The van der Waals surface area contributed by atoms with E-state index in [0.29, 0.717) is 24.2 Å². The van der Waals surface area contributed by atoms with Crippen LogP contribution in [0.4, 0.5) is 15.8 Å². The van der Waals surface area contributed by atoms with Crippen molar-refractivity contribution in [1.82, 2.24) is 4.98 Å². The number of pyridine rings is 1. The number of nitrogens with zero attached hydrogens (tertiary/aromatic N) is 3. The van der Waals surface area contributed by atoms with Gasteiger partial charge in [-0.05, 0) is 30.2 Å². The first-order chi connectivity index (χ1) is 11.1. The first-order valence-corrected chi connectivity index (χ1v) is 7.41. The van der Waals surface area contributed by atoms with Crippen molar-refractivity contribution in [3.8, 4) is 0 Å². The van der Waals surface area contributed by atoms with Crippen molar-refractivity contribution in [1.29, 1.82) is 0 Å². The smallest absolute Gasteiger partial charge is 0.267 e. The van der Waals surface area contributed by atoms with E-state index in [1.807, 2.05) is 0 Å². The zero-order valence-corrected chi connectivity index (χ0v) is 12.6. The first-order valence-electron chi connectivity index (χ1n) is 7.03. The van der Waals surface area contributed by atoms with E-state index in [9.17, 15) is 14.7 Å². The molecule has 8 heteroatoms. The summed E-state index contributed by atoms with van der Waals surface area (Å²) in [6.45, 7) is 0. The SMILES string of the molecule is [O-][NH+]1N(c2ccc(Cl)nc2)C(O)=C2CCc3cccc(F)c3N21. The number of nitrogens with one attached hydrogen (secondary N) is 1. The summed E-state index contributed by atoms with van der Waals surface area (Å²) in [4.78, 5) is 3.92. The molecular formula is C15H12ClFN4O2. The third kappa shape index (κ3) is 2.05. The number of benzene rings is 1.